The number of allylic oxidation sites excluding steroid dienone is 1. The molecule has 0 spiro atoms. The van der Waals surface area contributed by atoms with Crippen LogP contribution in [0.15, 0.2) is 11.1 Å². The van der Waals surface area contributed by atoms with Gasteiger partial charge in [-0.2, -0.15) is 0 Å². The number of hydrogen-bond donors (Lipinski definition) is 1. The zero-order chi connectivity index (χ0) is 8.55. The number of hydrogen-bond acceptors (Lipinski definition) is 2. The third-order valence-electron chi connectivity index (χ3n) is 2.89. The molecule has 0 radical (unpaired) electrons. The number of aliphatic hydroxyl groups is 1. The van der Waals surface area contributed by atoms with E-state index in [9.17, 15) is 9.90 Å². The zero-order valence-electron chi connectivity index (χ0n) is 7.18. The minimum absolute atomic E-state index is 0.287. The van der Waals surface area contributed by atoms with Crippen LogP contribution in [-0.4, -0.2) is 17.0 Å². The Kier molecular flexibility index (Phi) is 2.01. The Morgan fingerprint density at radius 2 is 1.92 bits per heavy atom. The van der Waals surface area contributed by atoms with Crippen molar-refractivity contribution in [3.05, 3.63) is 11.1 Å². The number of rotatable bonds is 0. The molecule has 2 aliphatic carbocycles. The molecule has 0 aliphatic heterocycles. The largest absolute Gasteiger partial charge is 0.389 e. The van der Waals surface area contributed by atoms with E-state index in [4.69, 9.17) is 0 Å². The summed E-state index contributed by atoms with van der Waals surface area (Å²) in [6.45, 7) is 0. The van der Waals surface area contributed by atoms with Gasteiger partial charge in [0.25, 0.3) is 0 Å². The fourth-order valence-corrected chi connectivity index (χ4v) is 2.21. The van der Waals surface area contributed by atoms with Crippen molar-refractivity contribution in [2.24, 2.45) is 0 Å². The standard InChI is InChI=1S/C10H14O2/c11-9-5-6-10(12)8-4-2-1-3-7(8)9/h9,11H,1-6H2. The zero-order valence-corrected chi connectivity index (χ0v) is 7.18. The van der Waals surface area contributed by atoms with Crippen LogP contribution in [0.3, 0.4) is 0 Å². The molecule has 66 valence electrons. The van der Waals surface area contributed by atoms with Gasteiger partial charge in [0.15, 0.2) is 5.78 Å². The molecule has 0 bridgehead atoms. The Morgan fingerprint density at radius 1 is 1.17 bits per heavy atom. The van der Waals surface area contributed by atoms with Crippen LogP contribution in [0.25, 0.3) is 0 Å². The number of carbonyl (C=O) groups is 1. The summed E-state index contributed by atoms with van der Waals surface area (Å²) in [5.41, 5.74) is 2.01. The molecule has 0 aromatic carbocycles. The van der Waals surface area contributed by atoms with Crippen LogP contribution in [0.4, 0.5) is 0 Å². The molecule has 0 heterocycles. The second-order valence-corrected chi connectivity index (χ2v) is 3.69. The fourth-order valence-electron chi connectivity index (χ4n) is 2.21. The first-order chi connectivity index (χ1) is 5.79. The van der Waals surface area contributed by atoms with Gasteiger partial charge >= 0.3 is 0 Å². The number of aliphatic hydroxyl groups excluding tert-OH is 1. The minimum Gasteiger partial charge on any atom is -0.389 e. The van der Waals surface area contributed by atoms with Gasteiger partial charge in [0, 0.05) is 6.42 Å². The first kappa shape index (κ1) is 7.99. The Morgan fingerprint density at radius 3 is 2.67 bits per heavy atom. The summed E-state index contributed by atoms with van der Waals surface area (Å²) in [4.78, 5) is 11.4. The quantitative estimate of drug-likeness (QED) is 0.593. The van der Waals surface area contributed by atoms with E-state index < -0.39 is 0 Å². The molecule has 0 saturated heterocycles. The first-order valence-corrected chi connectivity index (χ1v) is 4.72. The maximum absolute atomic E-state index is 11.4. The molecule has 12 heavy (non-hydrogen) atoms. The summed E-state index contributed by atoms with van der Waals surface area (Å²) in [5.74, 6) is 0.287. The number of Topliss-reactive ketones (excluding diaryl/α,β-unsaturated/α-hetero) is 1. The smallest absolute Gasteiger partial charge is 0.159 e. The van der Waals surface area contributed by atoms with E-state index in [-0.39, 0.29) is 11.9 Å². The van der Waals surface area contributed by atoms with Crippen molar-refractivity contribution in [2.75, 3.05) is 0 Å². The molecule has 0 amide bonds. The van der Waals surface area contributed by atoms with Gasteiger partial charge in [0.2, 0.25) is 0 Å². The lowest BCUT2D eigenvalue weighted by atomic mass is 9.80. The fraction of sp³-hybridized carbons (Fsp3) is 0.700. The van der Waals surface area contributed by atoms with E-state index in [0.29, 0.717) is 12.8 Å². The molecule has 1 N–H and O–H groups in total. The Labute approximate surface area is 72.3 Å². The van der Waals surface area contributed by atoms with E-state index in [1.54, 1.807) is 0 Å². The van der Waals surface area contributed by atoms with E-state index in [1.807, 2.05) is 0 Å². The minimum atomic E-state index is -0.307. The van der Waals surface area contributed by atoms with Crippen LogP contribution in [0.1, 0.15) is 38.5 Å². The SMILES string of the molecule is O=C1CCC(O)C2=C1CCCC2. The number of ketones is 1. The molecule has 2 nitrogen and oxygen atoms in total. The maximum Gasteiger partial charge on any atom is 0.159 e. The monoisotopic (exact) mass is 166 g/mol. The highest BCUT2D eigenvalue weighted by Crippen LogP contribution is 2.33. The van der Waals surface area contributed by atoms with E-state index >= 15 is 0 Å². The van der Waals surface area contributed by atoms with Crippen molar-refractivity contribution in [1.29, 1.82) is 0 Å². The van der Waals surface area contributed by atoms with Crippen LogP contribution in [-0.2, 0) is 4.79 Å². The van der Waals surface area contributed by atoms with Gasteiger partial charge in [-0.25, -0.2) is 0 Å². The summed E-state index contributed by atoms with van der Waals surface area (Å²) >= 11 is 0. The molecular formula is C10H14O2. The third-order valence-corrected chi connectivity index (χ3v) is 2.89. The predicted molar refractivity (Wildman–Crippen MR) is 45.7 cm³/mol. The van der Waals surface area contributed by atoms with Gasteiger partial charge in [0.05, 0.1) is 6.10 Å². The molecule has 0 fully saturated rings. The van der Waals surface area contributed by atoms with Gasteiger partial charge in [-0.3, -0.25) is 4.79 Å². The van der Waals surface area contributed by atoms with E-state index in [2.05, 4.69) is 0 Å². The van der Waals surface area contributed by atoms with Crippen molar-refractivity contribution in [1.82, 2.24) is 0 Å². The summed E-state index contributed by atoms with van der Waals surface area (Å²) in [6.07, 6.45) is 5.02. The summed E-state index contributed by atoms with van der Waals surface area (Å²) in [5, 5.41) is 9.61. The van der Waals surface area contributed by atoms with Gasteiger partial charge in [-0.05, 0) is 43.3 Å². The highest BCUT2D eigenvalue weighted by atomic mass is 16.3. The molecule has 0 aromatic rings. The van der Waals surface area contributed by atoms with Crippen LogP contribution < -0.4 is 0 Å². The van der Waals surface area contributed by atoms with Crippen LogP contribution in [0.5, 0.6) is 0 Å². The van der Waals surface area contributed by atoms with Gasteiger partial charge < -0.3 is 5.11 Å². The molecule has 2 aliphatic rings. The topological polar surface area (TPSA) is 37.3 Å². The second-order valence-electron chi connectivity index (χ2n) is 3.69. The molecule has 0 saturated carbocycles. The van der Waals surface area contributed by atoms with Crippen molar-refractivity contribution in [2.45, 2.75) is 44.6 Å². The second kappa shape index (κ2) is 3.02. The van der Waals surface area contributed by atoms with Crippen molar-refractivity contribution in [3.8, 4) is 0 Å². The van der Waals surface area contributed by atoms with Gasteiger partial charge in [-0.15, -0.1) is 0 Å². The Bertz CT molecular complexity index is 240. The van der Waals surface area contributed by atoms with Crippen molar-refractivity contribution >= 4 is 5.78 Å². The molecule has 1 unspecified atom stereocenters. The van der Waals surface area contributed by atoms with Crippen molar-refractivity contribution < 1.29 is 9.90 Å². The molecule has 0 aromatic heterocycles. The van der Waals surface area contributed by atoms with E-state index in [1.165, 1.54) is 0 Å². The third kappa shape index (κ3) is 1.20. The summed E-state index contributed by atoms with van der Waals surface area (Å²) in [7, 11) is 0. The predicted octanol–water partition coefficient (Wildman–Crippen LogP) is 1.58. The Balaban J connectivity index is 2.33. The highest BCUT2D eigenvalue weighted by molar-refractivity contribution is 5.97. The number of carbonyl (C=O) groups excluding carboxylic acids is 1. The molecule has 2 rings (SSSR count). The summed E-state index contributed by atoms with van der Waals surface area (Å²) < 4.78 is 0. The van der Waals surface area contributed by atoms with Gasteiger partial charge in [-0.1, -0.05) is 0 Å². The van der Waals surface area contributed by atoms with Crippen LogP contribution in [0.2, 0.25) is 0 Å². The van der Waals surface area contributed by atoms with Crippen molar-refractivity contribution in [3.63, 3.8) is 0 Å². The molecule has 2 heteroatoms. The average Bonchev–Trinajstić information content (AvgIpc) is 2.12. The van der Waals surface area contributed by atoms with Gasteiger partial charge in [0.1, 0.15) is 0 Å². The lowest BCUT2D eigenvalue weighted by Crippen LogP contribution is -2.25. The lowest BCUT2D eigenvalue weighted by Gasteiger charge is -2.27. The van der Waals surface area contributed by atoms with E-state index in [0.717, 1.165) is 36.8 Å². The molecular weight excluding hydrogens is 152 g/mol. The lowest BCUT2D eigenvalue weighted by molar-refractivity contribution is -0.117. The Hall–Kier alpha value is -0.630. The highest BCUT2D eigenvalue weighted by Gasteiger charge is 2.28. The molecule has 1 atom stereocenters. The average molecular weight is 166 g/mol. The van der Waals surface area contributed by atoms with Crippen LogP contribution >= 0.6 is 0 Å². The first-order valence-electron chi connectivity index (χ1n) is 4.72. The normalized spacial score (nSPS) is 30.4. The summed E-state index contributed by atoms with van der Waals surface area (Å²) in [6, 6.07) is 0. The van der Waals surface area contributed by atoms with Crippen LogP contribution in [0, 0.1) is 0 Å². The maximum atomic E-state index is 11.4.